The second-order valence-electron chi connectivity index (χ2n) is 5.24. The lowest BCUT2D eigenvalue weighted by Gasteiger charge is -2.24. The highest BCUT2D eigenvalue weighted by Gasteiger charge is 2.26. The van der Waals surface area contributed by atoms with Gasteiger partial charge >= 0.3 is 0 Å². The third-order valence-electron chi connectivity index (χ3n) is 4.09. The Labute approximate surface area is 112 Å². The molecule has 0 unspecified atom stereocenters. The number of aromatic nitrogens is 1. The number of rotatable bonds is 1. The van der Waals surface area contributed by atoms with Crippen molar-refractivity contribution in [3.05, 3.63) is 41.8 Å². The van der Waals surface area contributed by atoms with Crippen LogP contribution in [0, 0.1) is 17.0 Å². The summed E-state index contributed by atoms with van der Waals surface area (Å²) in [4.78, 5) is 4.29. The van der Waals surface area contributed by atoms with Crippen LogP contribution in [0.5, 0.6) is 0 Å². The van der Waals surface area contributed by atoms with Gasteiger partial charge in [-0.05, 0) is 35.7 Å². The predicted molar refractivity (Wildman–Crippen MR) is 74.7 cm³/mol. The predicted octanol–water partition coefficient (Wildman–Crippen LogP) is 3.81. The number of nitriles is 1. The molecule has 1 saturated heterocycles. The largest absolute Gasteiger partial charge is 0.267 e. The Kier molecular flexibility index (Phi) is 3.21. The maximum atomic E-state index is 13.4. The molecule has 0 aliphatic carbocycles. The zero-order valence-electron chi connectivity index (χ0n) is 10.6. The van der Waals surface area contributed by atoms with Crippen LogP contribution in [-0.2, 0) is 0 Å². The molecule has 0 N–H and O–H groups in total. The van der Waals surface area contributed by atoms with Gasteiger partial charge in [-0.25, -0.2) is 9.65 Å². The number of nitrogens with zero attached hydrogens (tertiary/aromatic N) is 2. The molecule has 19 heavy (non-hydrogen) atoms. The standard InChI is InChI=1S/C15H14BFN2/c17-12-1-2-15-14(9-12)13(5-8-19-15)11-3-6-16(10-18)7-4-11/h1-2,5,8-9,11H,3-4,6-7H2. The Bertz CT molecular complexity index is 642. The lowest BCUT2D eigenvalue weighted by molar-refractivity contribution is 0.612. The number of hydrogen-bond donors (Lipinski definition) is 0. The van der Waals surface area contributed by atoms with Crippen molar-refractivity contribution >= 4 is 17.6 Å². The molecule has 3 rings (SSSR count). The van der Waals surface area contributed by atoms with Crippen LogP contribution in [0.25, 0.3) is 10.9 Å². The second-order valence-corrected chi connectivity index (χ2v) is 5.24. The molecular weight excluding hydrogens is 238 g/mol. The van der Waals surface area contributed by atoms with Gasteiger partial charge in [-0.1, -0.05) is 25.5 Å². The molecule has 2 aromatic rings. The molecule has 1 aromatic heterocycles. The Balaban J connectivity index is 1.97. The van der Waals surface area contributed by atoms with Gasteiger partial charge in [0.05, 0.1) is 5.52 Å². The summed E-state index contributed by atoms with van der Waals surface area (Å²) >= 11 is 0. The lowest BCUT2D eigenvalue weighted by atomic mass is 9.41. The molecule has 1 aliphatic heterocycles. The quantitative estimate of drug-likeness (QED) is 0.723. The van der Waals surface area contributed by atoms with E-state index in [0.29, 0.717) is 5.92 Å². The van der Waals surface area contributed by atoms with Crippen molar-refractivity contribution in [3.8, 4) is 5.97 Å². The first-order valence-electron chi connectivity index (χ1n) is 6.71. The van der Waals surface area contributed by atoms with Gasteiger partial charge in [-0.15, -0.1) is 0 Å². The summed E-state index contributed by atoms with van der Waals surface area (Å²) in [5.41, 5.74) is 2.03. The van der Waals surface area contributed by atoms with E-state index in [1.165, 1.54) is 11.6 Å². The van der Waals surface area contributed by atoms with Crippen LogP contribution in [0.1, 0.15) is 24.3 Å². The molecule has 1 aliphatic rings. The first-order chi connectivity index (χ1) is 9.28. The molecule has 0 saturated carbocycles. The lowest BCUT2D eigenvalue weighted by Crippen LogP contribution is -2.19. The normalized spacial score (nSPS) is 16.5. The Morgan fingerprint density at radius 3 is 2.79 bits per heavy atom. The highest BCUT2D eigenvalue weighted by Crippen LogP contribution is 2.36. The SMILES string of the molecule is N#CB1CCC(c2ccnc3ccc(F)cc23)CC1. The number of halogens is 1. The fraction of sp³-hybridized carbons (Fsp3) is 0.333. The maximum Gasteiger partial charge on any atom is 0.267 e. The molecule has 0 amide bonds. The average molecular weight is 252 g/mol. The van der Waals surface area contributed by atoms with Crippen molar-refractivity contribution in [2.45, 2.75) is 31.4 Å². The van der Waals surface area contributed by atoms with Gasteiger partial charge in [-0.2, -0.15) is 0 Å². The molecule has 4 heteroatoms. The van der Waals surface area contributed by atoms with Crippen LogP contribution >= 0.6 is 0 Å². The van der Waals surface area contributed by atoms with Crippen LogP contribution in [0.4, 0.5) is 4.39 Å². The van der Waals surface area contributed by atoms with Gasteiger partial charge in [-0.3, -0.25) is 4.98 Å². The highest BCUT2D eigenvalue weighted by molar-refractivity contribution is 6.67. The summed E-state index contributed by atoms with van der Waals surface area (Å²) in [6.45, 7) is 0.195. The van der Waals surface area contributed by atoms with Gasteiger partial charge in [0.25, 0.3) is 6.71 Å². The van der Waals surface area contributed by atoms with Crippen molar-refractivity contribution in [1.82, 2.24) is 4.98 Å². The molecule has 2 nitrogen and oxygen atoms in total. The van der Waals surface area contributed by atoms with Crippen LogP contribution in [0.2, 0.25) is 12.6 Å². The van der Waals surface area contributed by atoms with Crippen molar-refractivity contribution in [3.63, 3.8) is 0 Å². The summed E-state index contributed by atoms with van der Waals surface area (Å²) in [6, 6.07) is 6.76. The minimum atomic E-state index is -0.215. The minimum Gasteiger partial charge on any atom is -0.256 e. The number of pyridine rings is 1. The first-order valence-corrected chi connectivity index (χ1v) is 6.71. The Morgan fingerprint density at radius 1 is 1.26 bits per heavy atom. The zero-order valence-corrected chi connectivity index (χ0v) is 10.6. The summed E-state index contributed by atoms with van der Waals surface area (Å²) in [7, 11) is 0. The maximum absolute atomic E-state index is 13.4. The molecule has 2 heterocycles. The van der Waals surface area contributed by atoms with Gasteiger partial charge in [0.15, 0.2) is 0 Å². The van der Waals surface area contributed by atoms with E-state index in [1.54, 1.807) is 18.3 Å². The van der Waals surface area contributed by atoms with Crippen LogP contribution < -0.4 is 0 Å². The van der Waals surface area contributed by atoms with Crippen LogP contribution in [0.15, 0.2) is 30.5 Å². The molecule has 0 atom stereocenters. The van der Waals surface area contributed by atoms with E-state index in [4.69, 9.17) is 5.26 Å². The van der Waals surface area contributed by atoms with E-state index in [9.17, 15) is 4.39 Å². The van der Waals surface area contributed by atoms with Crippen molar-refractivity contribution in [1.29, 1.82) is 5.26 Å². The molecule has 0 radical (unpaired) electrons. The molecule has 0 spiro atoms. The smallest absolute Gasteiger partial charge is 0.256 e. The summed E-state index contributed by atoms with van der Waals surface area (Å²) < 4.78 is 13.4. The van der Waals surface area contributed by atoms with Crippen molar-refractivity contribution in [2.75, 3.05) is 0 Å². The van der Waals surface area contributed by atoms with Gasteiger partial charge in [0, 0.05) is 17.6 Å². The minimum absolute atomic E-state index is 0.195. The van der Waals surface area contributed by atoms with E-state index < -0.39 is 0 Å². The van der Waals surface area contributed by atoms with Gasteiger partial charge in [0.1, 0.15) is 5.82 Å². The number of hydrogen-bond acceptors (Lipinski definition) is 2. The van der Waals surface area contributed by atoms with E-state index in [0.717, 1.165) is 36.4 Å². The van der Waals surface area contributed by atoms with Gasteiger partial charge < -0.3 is 0 Å². The zero-order chi connectivity index (χ0) is 13.2. The monoisotopic (exact) mass is 252 g/mol. The summed E-state index contributed by atoms with van der Waals surface area (Å²) in [6.07, 6.45) is 5.70. The number of fused-ring (bicyclic) bond motifs is 1. The molecule has 1 aromatic carbocycles. The Hall–Kier alpha value is -1.89. The third-order valence-corrected chi connectivity index (χ3v) is 4.09. The van der Waals surface area contributed by atoms with Crippen LogP contribution in [0.3, 0.4) is 0 Å². The second kappa shape index (κ2) is 5.01. The Morgan fingerprint density at radius 2 is 2.05 bits per heavy atom. The highest BCUT2D eigenvalue weighted by atomic mass is 19.1. The fourth-order valence-corrected chi connectivity index (χ4v) is 3.03. The fourth-order valence-electron chi connectivity index (χ4n) is 3.03. The molecular formula is C15H14BFN2. The van der Waals surface area contributed by atoms with Crippen LogP contribution in [-0.4, -0.2) is 11.7 Å². The number of benzene rings is 1. The first kappa shape index (κ1) is 12.2. The molecule has 1 fully saturated rings. The average Bonchev–Trinajstić information content (AvgIpc) is 2.47. The van der Waals surface area contributed by atoms with E-state index in [1.807, 2.05) is 6.07 Å². The molecule has 0 bridgehead atoms. The van der Waals surface area contributed by atoms with E-state index in [-0.39, 0.29) is 12.5 Å². The van der Waals surface area contributed by atoms with Gasteiger partial charge in [0.2, 0.25) is 0 Å². The molecule has 94 valence electrons. The van der Waals surface area contributed by atoms with E-state index in [2.05, 4.69) is 11.0 Å². The van der Waals surface area contributed by atoms with E-state index >= 15 is 0 Å². The third kappa shape index (κ3) is 2.33. The van der Waals surface area contributed by atoms with Crippen molar-refractivity contribution < 1.29 is 4.39 Å². The summed E-state index contributed by atoms with van der Waals surface area (Å²) in [5, 5.41) is 9.87. The topological polar surface area (TPSA) is 36.7 Å². The summed E-state index contributed by atoms with van der Waals surface area (Å²) in [5.74, 6) is 2.56. The van der Waals surface area contributed by atoms with Crippen molar-refractivity contribution in [2.24, 2.45) is 0 Å².